The van der Waals surface area contributed by atoms with Gasteiger partial charge >= 0.3 is 6.09 Å². The van der Waals surface area contributed by atoms with Gasteiger partial charge in [0.2, 0.25) is 5.91 Å². The number of aromatic nitrogens is 3. The summed E-state index contributed by atoms with van der Waals surface area (Å²) in [5.74, 6) is 0.808. The summed E-state index contributed by atoms with van der Waals surface area (Å²) in [5, 5.41) is 12.1. The molecule has 0 spiro atoms. The zero-order valence-corrected chi connectivity index (χ0v) is 28.3. The number of hydrogen-bond donors (Lipinski definition) is 1. The summed E-state index contributed by atoms with van der Waals surface area (Å²) in [5.41, 5.74) is -0.129. The summed E-state index contributed by atoms with van der Waals surface area (Å²) in [6, 6.07) is 8.89. The monoisotopic (exact) mass is 665 g/mol. The number of likely N-dealkylation sites (tertiary alicyclic amines) is 1. The Morgan fingerprint density at radius 1 is 1.11 bits per heavy atom. The number of rotatable bonds is 6. The Balaban J connectivity index is 1.07. The maximum Gasteiger partial charge on any atom is 0.410 e. The van der Waals surface area contributed by atoms with Crippen molar-refractivity contribution in [3.05, 3.63) is 57.7 Å². The molecular formula is C35H44ClN5O6. The lowest BCUT2D eigenvalue weighted by atomic mass is 9.89. The largest absolute Gasteiger partial charge is 0.444 e. The number of piperidine rings is 1. The zero-order chi connectivity index (χ0) is 33.3. The van der Waals surface area contributed by atoms with Crippen LogP contribution in [0.3, 0.4) is 0 Å². The number of aliphatic hydroxyl groups is 1. The first-order valence-electron chi connectivity index (χ1n) is 16.8. The van der Waals surface area contributed by atoms with E-state index in [9.17, 15) is 19.5 Å². The Morgan fingerprint density at radius 3 is 2.40 bits per heavy atom. The summed E-state index contributed by atoms with van der Waals surface area (Å²) < 4.78 is 14.7. The second kappa shape index (κ2) is 11.6. The molecule has 2 saturated heterocycles. The molecule has 1 aromatic carbocycles. The fourth-order valence-electron chi connectivity index (χ4n) is 7.37. The third-order valence-corrected chi connectivity index (χ3v) is 10.6. The maximum absolute atomic E-state index is 13.6. The molecule has 2 atom stereocenters. The lowest BCUT2D eigenvalue weighted by Crippen LogP contribution is -2.51. The average molecular weight is 666 g/mol. The number of carbonyl (C=O) groups is 2. The third kappa shape index (κ3) is 6.18. The molecular weight excluding hydrogens is 622 g/mol. The molecule has 4 fully saturated rings. The van der Waals surface area contributed by atoms with Crippen molar-refractivity contribution in [1.82, 2.24) is 23.9 Å². The Hall–Kier alpha value is -3.41. The van der Waals surface area contributed by atoms with Crippen molar-refractivity contribution >= 4 is 34.6 Å². The van der Waals surface area contributed by atoms with Gasteiger partial charge in [0.25, 0.3) is 5.56 Å². The fraction of sp³-hybridized carbons (Fsp3) is 0.600. The number of nitrogens with zero attached hydrogens (tertiary/aromatic N) is 5. The van der Waals surface area contributed by atoms with Gasteiger partial charge in [-0.2, -0.15) is 0 Å². The average Bonchev–Trinajstić information content (AvgIpc) is 3.95. The van der Waals surface area contributed by atoms with Crippen LogP contribution in [0.4, 0.5) is 4.79 Å². The first kappa shape index (κ1) is 32.2. The Kier molecular flexibility index (Phi) is 7.96. The highest BCUT2D eigenvalue weighted by Crippen LogP contribution is 2.62. The number of carbonyl (C=O) groups excluding carboxylic acids is 2. The van der Waals surface area contributed by atoms with E-state index in [1.807, 2.05) is 56.9 Å². The molecule has 1 N–H and O–H groups in total. The summed E-state index contributed by atoms with van der Waals surface area (Å²) in [6.45, 7) is 9.32. The van der Waals surface area contributed by atoms with Gasteiger partial charge in [-0.1, -0.05) is 23.7 Å². The van der Waals surface area contributed by atoms with Gasteiger partial charge in [0, 0.05) is 18.8 Å². The normalized spacial score (nSPS) is 24.0. The third-order valence-electron chi connectivity index (χ3n) is 10.3. The molecule has 0 radical (unpaired) electrons. The molecule has 12 heteroatoms. The zero-order valence-electron chi connectivity index (χ0n) is 27.6. The molecule has 4 aliphatic rings. The van der Waals surface area contributed by atoms with E-state index in [2.05, 4.69) is 4.98 Å². The second-order valence-corrected chi connectivity index (χ2v) is 15.4. The van der Waals surface area contributed by atoms with E-state index in [-0.39, 0.29) is 41.7 Å². The lowest BCUT2D eigenvalue weighted by Gasteiger charge is -2.39. The van der Waals surface area contributed by atoms with E-state index >= 15 is 0 Å². The molecule has 47 heavy (non-hydrogen) atoms. The molecule has 4 heterocycles. The molecule has 0 bridgehead atoms. The minimum absolute atomic E-state index is 0.0955. The molecule has 2 aromatic heterocycles. The van der Waals surface area contributed by atoms with Gasteiger partial charge in [-0.15, -0.1) is 0 Å². The number of hydrogen-bond acceptors (Lipinski definition) is 7. The van der Waals surface area contributed by atoms with Gasteiger partial charge in [0.15, 0.2) is 5.65 Å². The standard InChI is InChI=1S/C35H44ClN5O6/c1-22-18-40(32(44)47-33(2,3)4)27(19-46-22)23-5-9-25(10-6-23)41-28(36)17-26-29(41)37-21-39(30(26)42)20-34(45)13-15-38(16-14-34)31(43)35(11-12-35)24-7-8-24/h5-6,9-10,17,21-22,24,27,45H,7-8,11-16,18-20H2,1-4H3/t22-,27-/m0/s1. The second-order valence-electron chi connectivity index (χ2n) is 15.0. The first-order chi connectivity index (χ1) is 22.3. The van der Waals surface area contributed by atoms with Gasteiger partial charge in [-0.25, -0.2) is 9.78 Å². The number of halogens is 1. The lowest BCUT2D eigenvalue weighted by molar-refractivity contribution is -0.142. The minimum atomic E-state index is -1.11. The van der Waals surface area contributed by atoms with Gasteiger partial charge < -0.3 is 19.5 Å². The molecule has 2 aliphatic carbocycles. The molecule has 2 aliphatic heterocycles. The highest BCUT2D eigenvalue weighted by atomic mass is 35.5. The number of fused-ring (bicyclic) bond motifs is 1. The molecule has 2 amide bonds. The van der Waals surface area contributed by atoms with Gasteiger partial charge in [0.05, 0.1) is 48.2 Å². The molecule has 7 rings (SSSR count). The van der Waals surface area contributed by atoms with Crippen LogP contribution in [0.1, 0.15) is 77.8 Å². The van der Waals surface area contributed by atoms with Crippen molar-refractivity contribution in [2.45, 2.75) is 96.1 Å². The van der Waals surface area contributed by atoms with E-state index in [0.29, 0.717) is 66.9 Å². The quantitative estimate of drug-likeness (QED) is 0.390. The summed E-state index contributed by atoms with van der Waals surface area (Å²) in [7, 11) is 0. The van der Waals surface area contributed by atoms with Crippen LogP contribution in [-0.2, 0) is 20.8 Å². The van der Waals surface area contributed by atoms with Gasteiger partial charge in [0.1, 0.15) is 17.1 Å². The first-order valence-corrected chi connectivity index (χ1v) is 17.1. The van der Waals surface area contributed by atoms with E-state index in [1.165, 1.54) is 10.9 Å². The van der Waals surface area contributed by atoms with Crippen LogP contribution in [0.15, 0.2) is 41.5 Å². The smallest absolute Gasteiger partial charge is 0.410 e. The van der Waals surface area contributed by atoms with Crippen molar-refractivity contribution in [3.8, 4) is 5.69 Å². The van der Waals surface area contributed by atoms with Crippen LogP contribution in [0.2, 0.25) is 5.15 Å². The molecule has 11 nitrogen and oxygen atoms in total. The Morgan fingerprint density at radius 2 is 1.79 bits per heavy atom. The maximum atomic E-state index is 13.6. The topological polar surface area (TPSA) is 119 Å². The van der Waals surface area contributed by atoms with Crippen LogP contribution in [0.25, 0.3) is 16.7 Å². The summed E-state index contributed by atoms with van der Waals surface area (Å²) in [4.78, 5) is 48.2. The van der Waals surface area contributed by atoms with Crippen molar-refractivity contribution in [2.75, 3.05) is 26.2 Å². The molecule has 0 unspecified atom stereocenters. The molecule has 3 aromatic rings. The summed E-state index contributed by atoms with van der Waals surface area (Å²) in [6.07, 6.45) is 6.09. The number of amides is 2. The Labute approximate surface area is 279 Å². The number of benzene rings is 1. The minimum Gasteiger partial charge on any atom is -0.444 e. The highest BCUT2D eigenvalue weighted by Gasteiger charge is 2.60. The van der Waals surface area contributed by atoms with Gasteiger partial charge in [-0.3, -0.25) is 23.6 Å². The summed E-state index contributed by atoms with van der Waals surface area (Å²) >= 11 is 6.69. The van der Waals surface area contributed by atoms with Crippen LogP contribution < -0.4 is 5.56 Å². The van der Waals surface area contributed by atoms with Crippen molar-refractivity contribution in [1.29, 1.82) is 0 Å². The SMILES string of the molecule is C[C@H]1CN(C(=O)OC(C)(C)C)[C@H](c2ccc(-n3c(Cl)cc4c(=O)n(CC5(O)CCN(C(=O)C6(C7CC7)CC6)CC5)cnc43)cc2)CO1. The van der Waals surface area contributed by atoms with Crippen LogP contribution in [0.5, 0.6) is 0 Å². The molecule has 2 saturated carbocycles. The van der Waals surface area contributed by atoms with Crippen LogP contribution >= 0.6 is 11.6 Å². The van der Waals surface area contributed by atoms with Crippen molar-refractivity contribution < 1.29 is 24.2 Å². The van der Waals surface area contributed by atoms with Crippen molar-refractivity contribution in [2.24, 2.45) is 11.3 Å². The number of morpholine rings is 1. The van der Waals surface area contributed by atoms with Crippen LogP contribution in [0, 0.1) is 11.3 Å². The fourth-order valence-corrected chi connectivity index (χ4v) is 7.66. The number of ether oxygens (including phenoxy) is 2. The van der Waals surface area contributed by atoms with E-state index in [0.717, 1.165) is 31.2 Å². The van der Waals surface area contributed by atoms with Crippen LogP contribution in [-0.4, -0.2) is 84.6 Å². The Bertz CT molecular complexity index is 1740. The highest BCUT2D eigenvalue weighted by molar-refractivity contribution is 6.31. The predicted molar refractivity (Wildman–Crippen MR) is 177 cm³/mol. The van der Waals surface area contributed by atoms with Gasteiger partial charge in [-0.05, 0) is 95.9 Å². The van der Waals surface area contributed by atoms with E-state index < -0.39 is 11.2 Å². The molecule has 252 valence electrons. The van der Waals surface area contributed by atoms with Crippen molar-refractivity contribution in [3.63, 3.8) is 0 Å². The van der Waals surface area contributed by atoms with E-state index in [1.54, 1.807) is 15.5 Å². The van der Waals surface area contributed by atoms with E-state index in [4.69, 9.17) is 21.1 Å². The predicted octanol–water partition coefficient (Wildman–Crippen LogP) is 5.08.